The van der Waals surface area contributed by atoms with Gasteiger partial charge in [0.05, 0.1) is 22.3 Å². The minimum absolute atomic E-state index is 0.0860. The van der Waals surface area contributed by atoms with Gasteiger partial charge in [-0.3, -0.25) is 10.1 Å². The van der Waals surface area contributed by atoms with E-state index >= 15 is 0 Å². The highest BCUT2D eigenvalue weighted by Gasteiger charge is 2.21. The highest BCUT2D eigenvalue weighted by molar-refractivity contribution is 7.95. The van der Waals surface area contributed by atoms with E-state index in [9.17, 15) is 9.59 Å². The zero-order chi connectivity index (χ0) is 21.9. The Morgan fingerprint density at radius 2 is 1.80 bits per heavy atom. The van der Waals surface area contributed by atoms with Crippen molar-refractivity contribution in [2.45, 2.75) is 31.5 Å². The van der Waals surface area contributed by atoms with Crippen LogP contribution in [-0.2, 0) is 15.6 Å². The molecule has 0 bridgehead atoms. The van der Waals surface area contributed by atoms with Crippen molar-refractivity contribution in [1.29, 1.82) is 0 Å². The molecule has 0 atom stereocenters. The standard InChI is InChI=1S/C22H24N2O4S2/c1-22(2,3)28-21(26)24-15-9-8-14(18-7-6-12-29-18)13-16(15)23-20(25)17-10-11-19(27-17)30(4)5/h6-13H,1-5H3,(H-,23,24,25,26)/p+1. The molecule has 0 aliphatic heterocycles. The number of amides is 2. The normalized spacial score (nSPS) is 11.4. The maximum atomic E-state index is 12.8. The van der Waals surface area contributed by atoms with Gasteiger partial charge in [0, 0.05) is 10.9 Å². The van der Waals surface area contributed by atoms with Crippen molar-refractivity contribution in [1.82, 2.24) is 0 Å². The molecule has 2 amide bonds. The topological polar surface area (TPSA) is 80.6 Å². The fourth-order valence-corrected chi connectivity index (χ4v) is 3.93. The van der Waals surface area contributed by atoms with Crippen molar-refractivity contribution in [3.63, 3.8) is 0 Å². The molecule has 0 spiro atoms. The molecule has 3 rings (SSSR count). The van der Waals surface area contributed by atoms with E-state index in [1.807, 2.05) is 42.2 Å². The Kier molecular flexibility index (Phi) is 6.58. The fraction of sp³-hybridized carbons (Fsp3) is 0.273. The van der Waals surface area contributed by atoms with Crippen LogP contribution in [0.1, 0.15) is 31.3 Å². The first-order chi connectivity index (χ1) is 14.1. The molecular formula is C22H25N2O4S2+. The van der Waals surface area contributed by atoms with Gasteiger partial charge in [-0.25, -0.2) is 4.79 Å². The van der Waals surface area contributed by atoms with Crippen LogP contribution in [0.2, 0.25) is 0 Å². The second kappa shape index (κ2) is 8.97. The fourth-order valence-electron chi connectivity index (χ4n) is 2.61. The number of carbonyl (C=O) groups excluding carboxylic acids is 2. The molecule has 0 unspecified atom stereocenters. The van der Waals surface area contributed by atoms with E-state index in [1.165, 1.54) is 0 Å². The Bertz CT molecular complexity index is 1030. The van der Waals surface area contributed by atoms with E-state index < -0.39 is 11.7 Å². The van der Waals surface area contributed by atoms with Gasteiger partial charge in [-0.05, 0) is 56.0 Å². The molecule has 0 saturated heterocycles. The SMILES string of the molecule is C[S+](C)c1ccc(C(=O)Nc2cc(-c3cccs3)ccc2NC(=O)OC(C)(C)C)o1. The first-order valence-electron chi connectivity index (χ1n) is 9.29. The molecule has 8 heteroatoms. The van der Waals surface area contributed by atoms with Gasteiger partial charge >= 0.3 is 11.2 Å². The van der Waals surface area contributed by atoms with Crippen LogP contribution < -0.4 is 10.6 Å². The first kappa shape index (κ1) is 22.0. The lowest BCUT2D eigenvalue weighted by atomic mass is 10.1. The molecule has 3 aromatic rings. The van der Waals surface area contributed by atoms with Crippen LogP contribution in [-0.4, -0.2) is 30.1 Å². The maximum Gasteiger partial charge on any atom is 0.412 e. The van der Waals surface area contributed by atoms with E-state index in [0.717, 1.165) is 15.5 Å². The van der Waals surface area contributed by atoms with Crippen LogP contribution in [0, 0.1) is 0 Å². The maximum absolute atomic E-state index is 12.8. The molecule has 6 nitrogen and oxygen atoms in total. The smallest absolute Gasteiger partial charge is 0.412 e. The third-order valence-corrected chi connectivity index (χ3v) is 5.86. The molecule has 0 fully saturated rings. The van der Waals surface area contributed by atoms with E-state index in [0.29, 0.717) is 11.4 Å². The summed E-state index contributed by atoms with van der Waals surface area (Å²) in [5.41, 5.74) is 1.20. The summed E-state index contributed by atoms with van der Waals surface area (Å²) < 4.78 is 11.0. The van der Waals surface area contributed by atoms with Gasteiger partial charge in [0.25, 0.3) is 5.91 Å². The second-order valence-electron chi connectivity index (χ2n) is 7.75. The molecule has 2 N–H and O–H groups in total. The highest BCUT2D eigenvalue weighted by atomic mass is 32.2. The molecule has 158 valence electrons. The van der Waals surface area contributed by atoms with E-state index in [1.54, 1.807) is 50.3 Å². The number of hydrogen-bond donors (Lipinski definition) is 2. The Hall–Kier alpha value is -2.71. The zero-order valence-corrected chi connectivity index (χ0v) is 19.2. The summed E-state index contributed by atoms with van der Waals surface area (Å²) in [4.78, 5) is 26.1. The predicted octanol–water partition coefficient (Wildman–Crippen LogP) is 5.84. The van der Waals surface area contributed by atoms with E-state index in [-0.39, 0.29) is 22.6 Å². The largest absolute Gasteiger partial charge is 0.444 e. The summed E-state index contributed by atoms with van der Waals surface area (Å²) in [6, 6.07) is 12.9. The molecule has 30 heavy (non-hydrogen) atoms. The first-order valence-corrected chi connectivity index (χ1v) is 12.2. The van der Waals surface area contributed by atoms with Crippen molar-refractivity contribution in [2.75, 3.05) is 23.1 Å². The number of carbonyl (C=O) groups is 2. The summed E-state index contributed by atoms with van der Waals surface area (Å²) in [6.45, 7) is 5.37. The van der Waals surface area contributed by atoms with Crippen molar-refractivity contribution >= 4 is 45.6 Å². The minimum Gasteiger partial charge on any atom is -0.444 e. The average Bonchev–Trinajstić information content (AvgIpc) is 3.33. The number of rotatable bonds is 5. The molecule has 0 radical (unpaired) electrons. The number of anilines is 2. The number of hydrogen-bond acceptors (Lipinski definition) is 5. The molecule has 2 aromatic heterocycles. The molecule has 0 saturated carbocycles. The summed E-state index contributed by atoms with van der Waals surface area (Å²) in [5.74, 6) is -0.168. The van der Waals surface area contributed by atoms with Gasteiger partial charge in [0.15, 0.2) is 5.76 Å². The van der Waals surface area contributed by atoms with Crippen molar-refractivity contribution < 1.29 is 18.7 Å². The van der Waals surface area contributed by atoms with Crippen LogP contribution >= 0.6 is 11.3 Å². The summed E-state index contributed by atoms with van der Waals surface area (Å²) in [5, 5.41) is 8.32. The van der Waals surface area contributed by atoms with Crippen LogP contribution in [0.4, 0.5) is 16.2 Å². The summed E-state index contributed by atoms with van der Waals surface area (Å²) in [6.07, 6.45) is 3.45. The minimum atomic E-state index is -0.632. The van der Waals surface area contributed by atoms with Gasteiger partial charge in [0.1, 0.15) is 18.1 Å². The lowest BCUT2D eigenvalue weighted by Gasteiger charge is -2.20. The van der Waals surface area contributed by atoms with Gasteiger partial charge in [-0.2, -0.15) is 0 Å². The molecule has 1 aromatic carbocycles. The van der Waals surface area contributed by atoms with E-state index in [2.05, 4.69) is 10.6 Å². The Balaban J connectivity index is 1.89. The lowest BCUT2D eigenvalue weighted by molar-refractivity contribution is 0.0635. The number of thiophene rings is 1. The number of ether oxygens (including phenoxy) is 1. The molecule has 2 heterocycles. The zero-order valence-electron chi connectivity index (χ0n) is 17.6. The Labute approximate surface area is 183 Å². The van der Waals surface area contributed by atoms with Crippen molar-refractivity contribution in [3.05, 3.63) is 53.6 Å². The van der Waals surface area contributed by atoms with Crippen molar-refractivity contribution in [2.24, 2.45) is 0 Å². The molecular weight excluding hydrogens is 420 g/mol. The second-order valence-corrected chi connectivity index (χ2v) is 10.7. The molecule has 0 aliphatic carbocycles. The van der Waals surface area contributed by atoms with Gasteiger partial charge in [-0.1, -0.05) is 12.1 Å². The quantitative estimate of drug-likeness (QED) is 0.483. The van der Waals surface area contributed by atoms with Crippen LogP contribution in [0.3, 0.4) is 0 Å². The van der Waals surface area contributed by atoms with Crippen LogP contribution in [0.5, 0.6) is 0 Å². The number of furan rings is 1. The molecule has 0 aliphatic rings. The Morgan fingerprint density at radius 1 is 1.03 bits per heavy atom. The van der Waals surface area contributed by atoms with Gasteiger partial charge in [0.2, 0.25) is 0 Å². The number of nitrogens with one attached hydrogen (secondary N) is 2. The lowest BCUT2D eigenvalue weighted by Crippen LogP contribution is -2.27. The Morgan fingerprint density at radius 3 is 2.40 bits per heavy atom. The third-order valence-electron chi connectivity index (χ3n) is 3.92. The summed E-state index contributed by atoms with van der Waals surface area (Å²) >= 11 is 1.59. The van der Waals surface area contributed by atoms with Crippen LogP contribution in [0.15, 0.2) is 57.4 Å². The monoisotopic (exact) mass is 445 g/mol. The number of benzene rings is 1. The third kappa shape index (κ3) is 5.67. The highest BCUT2D eigenvalue weighted by Crippen LogP contribution is 2.32. The average molecular weight is 446 g/mol. The van der Waals surface area contributed by atoms with E-state index in [4.69, 9.17) is 9.15 Å². The van der Waals surface area contributed by atoms with Gasteiger partial charge in [-0.15, -0.1) is 11.3 Å². The van der Waals surface area contributed by atoms with Gasteiger partial charge < -0.3 is 14.5 Å². The summed E-state index contributed by atoms with van der Waals surface area (Å²) in [7, 11) is -0.0860. The van der Waals surface area contributed by atoms with Crippen LogP contribution in [0.25, 0.3) is 10.4 Å². The van der Waals surface area contributed by atoms with Crippen molar-refractivity contribution in [3.8, 4) is 10.4 Å². The predicted molar refractivity (Wildman–Crippen MR) is 124 cm³/mol.